The average Bonchev–Trinajstić information content (AvgIpc) is 2.69. The Labute approximate surface area is 124 Å². The van der Waals surface area contributed by atoms with Crippen LogP contribution in [-0.2, 0) is 6.54 Å². The lowest BCUT2D eigenvalue weighted by molar-refractivity contribution is 0.206. The maximum Gasteiger partial charge on any atom is 0.125 e. The molecule has 0 bridgehead atoms. The van der Waals surface area contributed by atoms with Crippen molar-refractivity contribution in [2.45, 2.75) is 26.0 Å². The summed E-state index contributed by atoms with van der Waals surface area (Å²) in [7, 11) is 0. The van der Waals surface area contributed by atoms with Crippen molar-refractivity contribution in [2.75, 3.05) is 0 Å². The molecule has 2 aromatic rings. The van der Waals surface area contributed by atoms with Crippen molar-refractivity contribution in [1.29, 1.82) is 0 Å². The maximum atomic E-state index is 13.3. The number of aliphatic hydroxyl groups is 1. The Morgan fingerprint density at radius 2 is 2.21 bits per heavy atom. The van der Waals surface area contributed by atoms with Crippen LogP contribution in [0.2, 0.25) is 5.02 Å². The number of aromatic nitrogens is 2. The van der Waals surface area contributed by atoms with E-state index in [0.29, 0.717) is 22.3 Å². The molecule has 0 saturated heterocycles. The van der Waals surface area contributed by atoms with E-state index in [1.165, 1.54) is 12.1 Å². The molecule has 6 heteroatoms. The van der Waals surface area contributed by atoms with E-state index in [2.05, 4.69) is 21.0 Å². The largest absolute Gasteiger partial charge is 0.382 e. The first-order valence-electron chi connectivity index (χ1n) is 5.88. The molecule has 1 aromatic heterocycles. The van der Waals surface area contributed by atoms with Gasteiger partial charge in [-0.15, -0.1) is 0 Å². The van der Waals surface area contributed by atoms with Crippen LogP contribution in [0.25, 0.3) is 0 Å². The molecule has 19 heavy (non-hydrogen) atoms. The minimum Gasteiger partial charge on any atom is -0.382 e. The first-order valence-corrected chi connectivity index (χ1v) is 7.05. The van der Waals surface area contributed by atoms with Crippen LogP contribution in [-0.4, -0.2) is 14.9 Å². The molecule has 0 aliphatic carbocycles. The molecule has 1 aromatic carbocycles. The highest BCUT2D eigenvalue weighted by molar-refractivity contribution is 9.10. The van der Waals surface area contributed by atoms with Gasteiger partial charge in [0.05, 0.1) is 16.4 Å². The molecule has 1 unspecified atom stereocenters. The second kappa shape index (κ2) is 6.03. The SMILES string of the molecule is CCCn1ncc(Br)c1C(O)c1cc(F)cc(Cl)c1. The predicted octanol–water partition coefficient (Wildman–Crippen LogP) is 3.93. The molecular weight excluding hydrogens is 335 g/mol. The molecule has 3 nitrogen and oxygen atoms in total. The van der Waals surface area contributed by atoms with Gasteiger partial charge in [-0.1, -0.05) is 18.5 Å². The summed E-state index contributed by atoms with van der Waals surface area (Å²) >= 11 is 9.16. The van der Waals surface area contributed by atoms with Gasteiger partial charge in [-0.3, -0.25) is 4.68 Å². The zero-order valence-electron chi connectivity index (χ0n) is 10.3. The van der Waals surface area contributed by atoms with Gasteiger partial charge in [0.15, 0.2) is 0 Å². The molecule has 1 heterocycles. The van der Waals surface area contributed by atoms with Crippen LogP contribution >= 0.6 is 27.5 Å². The number of aryl methyl sites for hydroxylation is 1. The van der Waals surface area contributed by atoms with Gasteiger partial charge < -0.3 is 5.11 Å². The lowest BCUT2D eigenvalue weighted by Crippen LogP contribution is -2.11. The molecule has 1 atom stereocenters. The Balaban J connectivity index is 2.43. The normalized spacial score (nSPS) is 12.7. The second-order valence-electron chi connectivity index (χ2n) is 4.21. The molecule has 0 fully saturated rings. The minimum absolute atomic E-state index is 0.256. The Hall–Kier alpha value is -0.910. The van der Waals surface area contributed by atoms with Gasteiger partial charge >= 0.3 is 0 Å². The molecule has 0 aliphatic heterocycles. The van der Waals surface area contributed by atoms with Crippen molar-refractivity contribution in [3.63, 3.8) is 0 Å². The van der Waals surface area contributed by atoms with Crippen LogP contribution in [0.3, 0.4) is 0 Å². The van der Waals surface area contributed by atoms with E-state index in [4.69, 9.17) is 11.6 Å². The van der Waals surface area contributed by atoms with E-state index in [9.17, 15) is 9.50 Å². The van der Waals surface area contributed by atoms with Crippen LogP contribution in [0, 0.1) is 5.82 Å². The number of hydrogen-bond donors (Lipinski definition) is 1. The summed E-state index contributed by atoms with van der Waals surface area (Å²) in [5.41, 5.74) is 1.01. The van der Waals surface area contributed by atoms with E-state index in [-0.39, 0.29) is 5.02 Å². The summed E-state index contributed by atoms with van der Waals surface area (Å²) in [6, 6.07) is 4.02. The third-order valence-electron chi connectivity index (χ3n) is 2.73. The molecule has 0 amide bonds. The molecule has 0 radical (unpaired) electrons. The van der Waals surface area contributed by atoms with Gasteiger partial charge in [-0.05, 0) is 46.1 Å². The first kappa shape index (κ1) is 14.5. The van der Waals surface area contributed by atoms with Gasteiger partial charge in [0.1, 0.15) is 11.9 Å². The summed E-state index contributed by atoms with van der Waals surface area (Å²) in [5.74, 6) is -0.473. The smallest absolute Gasteiger partial charge is 0.125 e. The zero-order chi connectivity index (χ0) is 14.0. The maximum absolute atomic E-state index is 13.3. The standard InChI is InChI=1S/C13H13BrClFN2O/c1-2-3-18-12(11(14)7-17-18)13(19)8-4-9(15)6-10(16)5-8/h4-7,13,19H,2-3H2,1H3. The number of nitrogens with zero attached hydrogens (tertiary/aromatic N) is 2. The van der Waals surface area contributed by atoms with Crippen molar-refractivity contribution in [3.05, 3.63) is 51.0 Å². The molecular formula is C13H13BrClFN2O. The third kappa shape index (κ3) is 3.16. The highest BCUT2D eigenvalue weighted by atomic mass is 79.9. The summed E-state index contributed by atoms with van der Waals surface area (Å²) < 4.78 is 15.7. The highest BCUT2D eigenvalue weighted by Crippen LogP contribution is 2.30. The average molecular weight is 348 g/mol. The fourth-order valence-electron chi connectivity index (χ4n) is 1.92. The zero-order valence-corrected chi connectivity index (χ0v) is 12.6. The van der Waals surface area contributed by atoms with Gasteiger partial charge in [-0.2, -0.15) is 5.10 Å². The van der Waals surface area contributed by atoms with E-state index < -0.39 is 11.9 Å². The number of benzene rings is 1. The summed E-state index contributed by atoms with van der Waals surface area (Å²) in [6.07, 6.45) is 1.53. The van der Waals surface area contributed by atoms with Crippen LogP contribution in [0.4, 0.5) is 4.39 Å². The van der Waals surface area contributed by atoms with E-state index in [0.717, 1.165) is 6.42 Å². The van der Waals surface area contributed by atoms with Gasteiger partial charge in [0, 0.05) is 11.6 Å². The Morgan fingerprint density at radius 3 is 2.84 bits per heavy atom. The molecule has 0 aliphatic rings. The fraction of sp³-hybridized carbons (Fsp3) is 0.308. The Bertz CT molecular complexity index is 568. The number of halogens is 3. The second-order valence-corrected chi connectivity index (χ2v) is 5.50. The lowest BCUT2D eigenvalue weighted by atomic mass is 10.1. The minimum atomic E-state index is -0.975. The van der Waals surface area contributed by atoms with Gasteiger partial charge in [0.2, 0.25) is 0 Å². The highest BCUT2D eigenvalue weighted by Gasteiger charge is 2.20. The molecule has 0 spiro atoms. The van der Waals surface area contributed by atoms with Crippen molar-refractivity contribution < 1.29 is 9.50 Å². The first-order chi connectivity index (χ1) is 9.02. The lowest BCUT2D eigenvalue weighted by Gasteiger charge is -2.14. The number of hydrogen-bond acceptors (Lipinski definition) is 2. The quantitative estimate of drug-likeness (QED) is 0.910. The van der Waals surface area contributed by atoms with E-state index in [1.54, 1.807) is 16.9 Å². The number of aliphatic hydroxyl groups excluding tert-OH is 1. The van der Waals surface area contributed by atoms with Crippen LogP contribution in [0.5, 0.6) is 0 Å². The van der Waals surface area contributed by atoms with Crippen molar-refractivity contribution in [3.8, 4) is 0 Å². The summed E-state index contributed by atoms with van der Waals surface area (Å²) in [5, 5.41) is 14.8. The third-order valence-corrected chi connectivity index (χ3v) is 3.56. The van der Waals surface area contributed by atoms with Crippen LogP contribution in [0.15, 0.2) is 28.9 Å². The molecule has 2 rings (SSSR count). The van der Waals surface area contributed by atoms with E-state index in [1.807, 2.05) is 6.92 Å². The van der Waals surface area contributed by atoms with Crippen LogP contribution < -0.4 is 0 Å². The van der Waals surface area contributed by atoms with E-state index >= 15 is 0 Å². The Morgan fingerprint density at radius 1 is 1.47 bits per heavy atom. The molecule has 1 N–H and O–H groups in total. The van der Waals surface area contributed by atoms with Gasteiger partial charge in [-0.25, -0.2) is 4.39 Å². The van der Waals surface area contributed by atoms with Crippen molar-refractivity contribution >= 4 is 27.5 Å². The van der Waals surface area contributed by atoms with Crippen LogP contribution in [0.1, 0.15) is 30.7 Å². The monoisotopic (exact) mass is 346 g/mol. The molecule has 0 saturated carbocycles. The predicted molar refractivity (Wildman–Crippen MR) is 75.7 cm³/mol. The van der Waals surface area contributed by atoms with Crippen molar-refractivity contribution in [2.24, 2.45) is 0 Å². The van der Waals surface area contributed by atoms with Crippen molar-refractivity contribution in [1.82, 2.24) is 9.78 Å². The molecule has 102 valence electrons. The Kier molecular flexibility index (Phi) is 4.60. The summed E-state index contributed by atoms with van der Waals surface area (Å²) in [6.45, 7) is 2.70. The number of rotatable bonds is 4. The summed E-state index contributed by atoms with van der Waals surface area (Å²) in [4.78, 5) is 0. The topological polar surface area (TPSA) is 38.0 Å². The van der Waals surface area contributed by atoms with Gasteiger partial charge in [0.25, 0.3) is 0 Å². The fourth-order valence-corrected chi connectivity index (χ4v) is 2.67.